The maximum absolute atomic E-state index is 12.0. The van der Waals surface area contributed by atoms with E-state index in [4.69, 9.17) is 5.11 Å². The Morgan fingerprint density at radius 3 is 2.41 bits per heavy atom. The molecule has 0 rings (SSSR count). The van der Waals surface area contributed by atoms with E-state index in [1.165, 1.54) is 6.92 Å². The average Bonchev–Trinajstić information content (AvgIpc) is 2.32. The molecule has 7 heteroatoms. The van der Waals surface area contributed by atoms with Crippen LogP contribution in [0.15, 0.2) is 0 Å². The van der Waals surface area contributed by atoms with Crippen LogP contribution in [0, 0.1) is 0 Å². The zero-order chi connectivity index (χ0) is 13.5. The maximum atomic E-state index is 12.0. The lowest BCUT2D eigenvalue weighted by atomic mass is 10.3. The van der Waals surface area contributed by atoms with Crippen LogP contribution < -0.4 is 0 Å². The third kappa shape index (κ3) is 4.61. The molecule has 102 valence electrons. The van der Waals surface area contributed by atoms with Crippen LogP contribution in [-0.4, -0.2) is 55.9 Å². The Morgan fingerprint density at radius 2 is 2.00 bits per heavy atom. The fourth-order valence-electron chi connectivity index (χ4n) is 1.32. The molecule has 0 aliphatic rings. The Kier molecular flexibility index (Phi) is 7.33. The van der Waals surface area contributed by atoms with Crippen molar-refractivity contribution in [3.8, 4) is 0 Å². The minimum absolute atomic E-state index is 0.00364. The van der Waals surface area contributed by atoms with Gasteiger partial charge >= 0.3 is 5.97 Å². The van der Waals surface area contributed by atoms with Gasteiger partial charge in [-0.1, -0.05) is 13.3 Å². The zero-order valence-electron chi connectivity index (χ0n) is 10.5. The van der Waals surface area contributed by atoms with Crippen LogP contribution in [0.4, 0.5) is 0 Å². The summed E-state index contributed by atoms with van der Waals surface area (Å²) >= 11 is 0. The van der Waals surface area contributed by atoms with E-state index in [-0.39, 0.29) is 13.2 Å². The third-order valence-corrected chi connectivity index (χ3v) is 4.62. The standard InChI is InChI=1S/C10H21NO5S/c1-4-5-6-11(7-8-12)17(14,15)9(2)10(13)16-3/h9,12H,4-8H2,1-3H3. The number of hydrogen-bond acceptors (Lipinski definition) is 5. The molecule has 0 amide bonds. The molecule has 0 fully saturated rings. The van der Waals surface area contributed by atoms with Crippen LogP contribution in [-0.2, 0) is 19.6 Å². The second kappa shape index (κ2) is 7.62. The normalized spacial score (nSPS) is 13.7. The Morgan fingerprint density at radius 1 is 1.41 bits per heavy atom. The highest BCUT2D eigenvalue weighted by Crippen LogP contribution is 2.11. The van der Waals surface area contributed by atoms with Crippen molar-refractivity contribution < 1.29 is 23.1 Å². The highest BCUT2D eigenvalue weighted by molar-refractivity contribution is 7.90. The molecule has 0 spiro atoms. The summed E-state index contributed by atoms with van der Waals surface area (Å²) < 4.78 is 29.6. The number of aliphatic hydroxyl groups excluding tert-OH is 1. The van der Waals surface area contributed by atoms with Crippen LogP contribution in [0.25, 0.3) is 0 Å². The lowest BCUT2D eigenvalue weighted by molar-refractivity contribution is -0.139. The number of ether oxygens (including phenoxy) is 1. The molecule has 17 heavy (non-hydrogen) atoms. The molecule has 6 nitrogen and oxygen atoms in total. The maximum Gasteiger partial charge on any atom is 0.325 e. The molecule has 1 atom stereocenters. The van der Waals surface area contributed by atoms with Crippen LogP contribution in [0.1, 0.15) is 26.7 Å². The molecular weight excluding hydrogens is 246 g/mol. The number of carbonyl (C=O) groups excluding carboxylic acids is 1. The molecule has 1 N–H and O–H groups in total. The lowest BCUT2D eigenvalue weighted by Crippen LogP contribution is -2.43. The van der Waals surface area contributed by atoms with E-state index in [9.17, 15) is 13.2 Å². The van der Waals surface area contributed by atoms with E-state index >= 15 is 0 Å². The first kappa shape index (κ1) is 16.3. The molecule has 0 aliphatic carbocycles. The topological polar surface area (TPSA) is 83.9 Å². The number of unbranched alkanes of at least 4 members (excludes halogenated alkanes) is 1. The minimum Gasteiger partial charge on any atom is -0.468 e. The number of sulfonamides is 1. The van der Waals surface area contributed by atoms with Crippen LogP contribution in [0.3, 0.4) is 0 Å². The molecule has 0 aromatic carbocycles. The first-order chi connectivity index (χ1) is 7.91. The van der Waals surface area contributed by atoms with Crippen molar-refractivity contribution in [2.24, 2.45) is 0 Å². The zero-order valence-corrected chi connectivity index (χ0v) is 11.4. The number of esters is 1. The quantitative estimate of drug-likeness (QED) is 0.624. The van der Waals surface area contributed by atoms with Crippen molar-refractivity contribution in [3.63, 3.8) is 0 Å². The van der Waals surface area contributed by atoms with Gasteiger partial charge in [-0.2, -0.15) is 4.31 Å². The number of carbonyl (C=O) groups is 1. The lowest BCUT2D eigenvalue weighted by Gasteiger charge is -2.23. The second-order valence-corrected chi connectivity index (χ2v) is 5.94. The van der Waals surface area contributed by atoms with Gasteiger partial charge in [0.05, 0.1) is 13.7 Å². The van der Waals surface area contributed by atoms with Crippen molar-refractivity contribution in [1.82, 2.24) is 4.31 Å². The van der Waals surface area contributed by atoms with Crippen LogP contribution in [0.2, 0.25) is 0 Å². The van der Waals surface area contributed by atoms with Crippen molar-refractivity contribution in [3.05, 3.63) is 0 Å². The predicted octanol–water partition coefficient (Wildman–Crippen LogP) is -0.0279. The summed E-state index contributed by atoms with van der Waals surface area (Å²) in [6.07, 6.45) is 1.52. The SMILES string of the molecule is CCCCN(CCO)S(=O)(=O)C(C)C(=O)OC. The van der Waals surface area contributed by atoms with Crippen LogP contribution >= 0.6 is 0 Å². The number of methoxy groups -OCH3 is 1. The van der Waals surface area contributed by atoms with Crippen molar-refractivity contribution in [2.45, 2.75) is 31.9 Å². The van der Waals surface area contributed by atoms with E-state index in [2.05, 4.69) is 4.74 Å². The van der Waals surface area contributed by atoms with Gasteiger partial charge in [-0.25, -0.2) is 8.42 Å². The van der Waals surface area contributed by atoms with Crippen molar-refractivity contribution in [2.75, 3.05) is 26.8 Å². The molecule has 0 heterocycles. The summed E-state index contributed by atoms with van der Waals surface area (Å²) in [6.45, 7) is 3.27. The molecule has 0 saturated carbocycles. The van der Waals surface area contributed by atoms with Gasteiger partial charge in [0.1, 0.15) is 0 Å². The molecule has 0 aliphatic heterocycles. The highest BCUT2D eigenvalue weighted by Gasteiger charge is 2.33. The van der Waals surface area contributed by atoms with Crippen molar-refractivity contribution in [1.29, 1.82) is 0 Å². The number of aliphatic hydroxyl groups is 1. The van der Waals surface area contributed by atoms with Gasteiger partial charge in [-0.05, 0) is 13.3 Å². The summed E-state index contributed by atoms with van der Waals surface area (Å²) in [4.78, 5) is 11.3. The monoisotopic (exact) mass is 267 g/mol. The van der Waals surface area contributed by atoms with Gasteiger partial charge in [0, 0.05) is 13.1 Å². The summed E-state index contributed by atoms with van der Waals surface area (Å²) in [5.74, 6) is -0.788. The Labute approximate surface area is 103 Å². The van der Waals surface area contributed by atoms with Crippen LogP contribution in [0.5, 0.6) is 0 Å². The molecule has 1 unspecified atom stereocenters. The Balaban J connectivity index is 4.87. The van der Waals surface area contributed by atoms with E-state index in [1.807, 2.05) is 6.92 Å². The minimum atomic E-state index is -3.75. The van der Waals surface area contributed by atoms with E-state index < -0.39 is 21.2 Å². The van der Waals surface area contributed by atoms with Gasteiger partial charge in [-0.3, -0.25) is 4.79 Å². The van der Waals surface area contributed by atoms with Gasteiger partial charge in [0.2, 0.25) is 10.0 Å². The summed E-state index contributed by atoms with van der Waals surface area (Å²) in [6, 6.07) is 0. The largest absolute Gasteiger partial charge is 0.468 e. The molecular formula is C10H21NO5S. The molecule has 0 radical (unpaired) electrons. The van der Waals surface area contributed by atoms with Gasteiger partial charge in [0.25, 0.3) is 0 Å². The van der Waals surface area contributed by atoms with Gasteiger partial charge in [-0.15, -0.1) is 0 Å². The number of nitrogens with zero attached hydrogens (tertiary/aromatic N) is 1. The fraction of sp³-hybridized carbons (Fsp3) is 0.900. The molecule has 0 bridgehead atoms. The average molecular weight is 267 g/mol. The van der Waals surface area contributed by atoms with Crippen molar-refractivity contribution >= 4 is 16.0 Å². The molecule has 0 aromatic heterocycles. The second-order valence-electron chi connectivity index (χ2n) is 3.69. The summed E-state index contributed by atoms with van der Waals surface area (Å²) in [7, 11) is -2.60. The third-order valence-electron chi connectivity index (χ3n) is 2.45. The predicted molar refractivity (Wildman–Crippen MR) is 64.0 cm³/mol. The Bertz CT molecular complexity index is 328. The van der Waals surface area contributed by atoms with Gasteiger partial charge in [0.15, 0.2) is 5.25 Å². The van der Waals surface area contributed by atoms with E-state index in [1.54, 1.807) is 0 Å². The first-order valence-electron chi connectivity index (χ1n) is 5.59. The summed E-state index contributed by atoms with van der Waals surface area (Å²) in [5.41, 5.74) is 0. The number of rotatable bonds is 8. The summed E-state index contributed by atoms with van der Waals surface area (Å²) in [5, 5.41) is 7.61. The molecule has 0 aromatic rings. The fourth-order valence-corrected chi connectivity index (χ4v) is 2.83. The first-order valence-corrected chi connectivity index (χ1v) is 7.09. The molecule has 0 saturated heterocycles. The smallest absolute Gasteiger partial charge is 0.325 e. The Hall–Kier alpha value is -0.660. The highest BCUT2D eigenvalue weighted by atomic mass is 32.2. The van der Waals surface area contributed by atoms with Gasteiger partial charge < -0.3 is 9.84 Å². The number of hydrogen-bond donors (Lipinski definition) is 1. The van der Waals surface area contributed by atoms with E-state index in [0.717, 1.165) is 17.8 Å². The van der Waals surface area contributed by atoms with E-state index in [0.29, 0.717) is 13.0 Å².